The van der Waals surface area contributed by atoms with E-state index in [0.717, 1.165) is 0 Å². The van der Waals surface area contributed by atoms with Gasteiger partial charge in [-0.05, 0) is 14.1 Å². The van der Waals surface area contributed by atoms with Crippen molar-refractivity contribution < 1.29 is 4.74 Å². The summed E-state index contributed by atoms with van der Waals surface area (Å²) < 4.78 is 5.24. The number of rotatable bonds is 1. The maximum absolute atomic E-state index is 8.70. The van der Waals surface area contributed by atoms with Gasteiger partial charge in [-0.3, -0.25) is 9.80 Å². The molecule has 1 unspecified atom stereocenters. The predicted molar refractivity (Wildman–Crippen MR) is 40.6 cm³/mol. The summed E-state index contributed by atoms with van der Waals surface area (Å²) in [6.07, 6.45) is 2.27. The Morgan fingerprint density at radius 3 is 2.82 bits per heavy atom. The number of hydrogen-bond donors (Lipinski definition) is 0. The fourth-order valence-corrected chi connectivity index (χ4v) is 1.14. The molecule has 1 aliphatic rings. The molecule has 0 saturated carbocycles. The van der Waals surface area contributed by atoms with Crippen LogP contribution in [0.4, 0.5) is 0 Å². The van der Waals surface area contributed by atoms with E-state index in [1.54, 1.807) is 4.90 Å². The van der Waals surface area contributed by atoms with Crippen LogP contribution >= 0.6 is 0 Å². The second-order valence-corrected chi connectivity index (χ2v) is 2.81. The van der Waals surface area contributed by atoms with Crippen LogP contribution in [0.1, 0.15) is 0 Å². The number of hydrogen-bond acceptors (Lipinski definition) is 4. The molecule has 4 nitrogen and oxygen atoms in total. The van der Waals surface area contributed by atoms with E-state index in [2.05, 4.69) is 6.19 Å². The van der Waals surface area contributed by atoms with E-state index in [1.165, 1.54) is 0 Å². The molecule has 1 saturated heterocycles. The lowest BCUT2D eigenvalue weighted by atomic mass is 10.3. The summed E-state index contributed by atoms with van der Waals surface area (Å²) in [5, 5.41) is 8.70. The quantitative estimate of drug-likeness (QED) is 0.487. The molecule has 0 radical (unpaired) electrons. The highest BCUT2D eigenvalue weighted by molar-refractivity contribution is 4.82. The Morgan fingerprint density at radius 1 is 1.64 bits per heavy atom. The molecule has 0 spiro atoms. The molecule has 0 N–H and O–H groups in total. The Morgan fingerprint density at radius 2 is 2.36 bits per heavy atom. The van der Waals surface area contributed by atoms with Gasteiger partial charge in [0.05, 0.1) is 19.8 Å². The van der Waals surface area contributed by atoms with Crippen molar-refractivity contribution >= 4 is 0 Å². The van der Waals surface area contributed by atoms with Crippen LogP contribution in [0.5, 0.6) is 0 Å². The molecule has 1 fully saturated rings. The molecule has 1 heterocycles. The minimum Gasteiger partial charge on any atom is -0.376 e. The van der Waals surface area contributed by atoms with Crippen LogP contribution in [0.3, 0.4) is 0 Å². The fraction of sp³-hybridized carbons (Fsp3) is 0.857. The van der Waals surface area contributed by atoms with Crippen molar-refractivity contribution in [2.75, 3.05) is 33.9 Å². The highest BCUT2D eigenvalue weighted by atomic mass is 16.5. The van der Waals surface area contributed by atoms with E-state index in [9.17, 15) is 0 Å². The maximum atomic E-state index is 8.70. The smallest absolute Gasteiger partial charge is 0.180 e. The third-order valence-electron chi connectivity index (χ3n) is 1.83. The summed E-state index contributed by atoms with van der Waals surface area (Å²) in [6, 6.07) is 0. The highest BCUT2D eigenvalue weighted by Crippen LogP contribution is 2.06. The molecular formula is C7H13N3O. The Balaban J connectivity index is 2.53. The number of morpholine rings is 1. The normalized spacial score (nSPS) is 25.3. The van der Waals surface area contributed by atoms with Gasteiger partial charge in [0.25, 0.3) is 0 Å². The summed E-state index contributed by atoms with van der Waals surface area (Å²) >= 11 is 0. The van der Waals surface area contributed by atoms with Crippen LogP contribution in [0.2, 0.25) is 0 Å². The van der Waals surface area contributed by atoms with Crippen LogP contribution in [0.25, 0.3) is 0 Å². The molecule has 4 heteroatoms. The first-order valence-electron chi connectivity index (χ1n) is 3.66. The van der Waals surface area contributed by atoms with E-state index in [0.29, 0.717) is 19.8 Å². The second kappa shape index (κ2) is 3.56. The first-order valence-corrected chi connectivity index (χ1v) is 3.66. The van der Waals surface area contributed by atoms with Gasteiger partial charge < -0.3 is 4.74 Å². The largest absolute Gasteiger partial charge is 0.376 e. The molecule has 1 aliphatic heterocycles. The first kappa shape index (κ1) is 8.31. The maximum Gasteiger partial charge on any atom is 0.180 e. The highest BCUT2D eigenvalue weighted by Gasteiger charge is 2.22. The van der Waals surface area contributed by atoms with Crippen molar-refractivity contribution in [3.8, 4) is 6.19 Å². The molecule has 11 heavy (non-hydrogen) atoms. The van der Waals surface area contributed by atoms with Crippen LogP contribution in [-0.2, 0) is 4.74 Å². The van der Waals surface area contributed by atoms with E-state index < -0.39 is 0 Å². The van der Waals surface area contributed by atoms with Crippen molar-refractivity contribution in [1.82, 2.24) is 9.80 Å². The third-order valence-corrected chi connectivity index (χ3v) is 1.83. The molecule has 1 atom stereocenters. The average molecular weight is 155 g/mol. The topological polar surface area (TPSA) is 39.5 Å². The molecule has 1 rings (SSSR count). The molecule has 0 amide bonds. The monoisotopic (exact) mass is 155 g/mol. The van der Waals surface area contributed by atoms with Crippen molar-refractivity contribution in [2.45, 2.75) is 6.17 Å². The lowest BCUT2D eigenvalue weighted by Gasteiger charge is -2.35. The molecule has 0 aromatic carbocycles. The minimum absolute atomic E-state index is 0.119. The van der Waals surface area contributed by atoms with E-state index >= 15 is 0 Å². The molecule has 62 valence electrons. The minimum atomic E-state index is 0.119. The van der Waals surface area contributed by atoms with Crippen molar-refractivity contribution in [1.29, 1.82) is 5.26 Å². The molecule has 0 bridgehead atoms. The summed E-state index contributed by atoms with van der Waals surface area (Å²) in [5.74, 6) is 0. The Bertz CT molecular complexity index is 164. The van der Waals surface area contributed by atoms with Crippen LogP contribution in [0.15, 0.2) is 0 Å². The Kier molecular flexibility index (Phi) is 2.69. The Hall–Kier alpha value is -0.790. The van der Waals surface area contributed by atoms with E-state index in [1.807, 2.05) is 19.0 Å². The van der Waals surface area contributed by atoms with Gasteiger partial charge in [0.15, 0.2) is 6.19 Å². The molecule has 0 aromatic heterocycles. The van der Waals surface area contributed by atoms with Crippen molar-refractivity contribution in [3.05, 3.63) is 0 Å². The fourth-order valence-electron chi connectivity index (χ4n) is 1.14. The summed E-state index contributed by atoms with van der Waals surface area (Å²) in [4.78, 5) is 3.73. The van der Waals surface area contributed by atoms with Gasteiger partial charge in [-0.2, -0.15) is 5.26 Å². The number of nitrogens with zero attached hydrogens (tertiary/aromatic N) is 3. The molecular weight excluding hydrogens is 142 g/mol. The Labute approximate surface area is 66.9 Å². The van der Waals surface area contributed by atoms with Gasteiger partial charge in [-0.25, -0.2) is 0 Å². The van der Waals surface area contributed by atoms with E-state index in [4.69, 9.17) is 10.00 Å². The first-order chi connectivity index (χ1) is 5.25. The zero-order valence-electron chi connectivity index (χ0n) is 6.95. The summed E-state index contributed by atoms with van der Waals surface area (Å²) in [5.41, 5.74) is 0. The van der Waals surface area contributed by atoms with Gasteiger partial charge in [0.2, 0.25) is 0 Å². The van der Waals surface area contributed by atoms with E-state index in [-0.39, 0.29) is 6.17 Å². The summed E-state index contributed by atoms with van der Waals surface area (Å²) in [7, 11) is 3.90. The zero-order valence-corrected chi connectivity index (χ0v) is 6.95. The average Bonchev–Trinajstić information content (AvgIpc) is 2.04. The number of nitriles is 1. The lowest BCUT2D eigenvalue weighted by molar-refractivity contribution is -0.0334. The number of likely N-dealkylation sites (N-methyl/N-ethyl adjacent to an activating group) is 1. The van der Waals surface area contributed by atoms with Gasteiger partial charge in [-0.15, -0.1) is 0 Å². The molecule has 0 aromatic rings. The second-order valence-electron chi connectivity index (χ2n) is 2.81. The predicted octanol–water partition coefficient (Wildman–Crippen LogP) is -0.313. The van der Waals surface area contributed by atoms with Gasteiger partial charge in [0.1, 0.15) is 6.17 Å². The van der Waals surface area contributed by atoms with Gasteiger partial charge in [-0.1, -0.05) is 0 Å². The van der Waals surface area contributed by atoms with Gasteiger partial charge >= 0.3 is 0 Å². The lowest BCUT2D eigenvalue weighted by Crippen LogP contribution is -2.50. The van der Waals surface area contributed by atoms with Crippen LogP contribution in [-0.4, -0.2) is 49.8 Å². The third kappa shape index (κ3) is 1.82. The van der Waals surface area contributed by atoms with Crippen LogP contribution < -0.4 is 0 Å². The standard InChI is InChI=1S/C7H13N3O/c1-9(2)7-5-11-4-3-10(7)6-8/h7H,3-5H2,1-2H3. The summed E-state index contributed by atoms with van der Waals surface area (Å²) in [6.45, 7) is 2.00. The molecule has 0 aliphatic carbocycles. The van der Waals surface area contributed by atoms with Crippen molar-refractivity contribution in [3.63, 3.8) is 0 Å². The number of ether oxygens (including phenoxy) is 1. The SMILES string of the molecule is CN(C)C1COCCN1C#N. The van der Waals surface area contributed by atoms with Gasteiger partial charge in [0, 0.05) is 0 Å². The van der Waals surface area contributed by atoms with Crippen LogP contribution in [0, 0.1) is 11.5 Å². The zero-order chi connectivity index (χ0) is 8.27. The van der Waals surface area contributed by atoms with Crippen molar-refractivity contribution in [2.24, 2.45) is 0 Å².